The van der Waals surface area contributed by atoms with Crippen LogP contribution in [0.4, 0.5) is 0 Å². The zero-order valence-corrected chi connectivity index (χ0v) is 14.0. The molecular weight excluding hydrogens is 306 g/mol. The molecular formula is C18H23N3O3. The quantitative estimate of drug-likeness (QED) is 0.778. The van der Waals surface area contributed by atoms with Crippen LogP contribution in [-0.2, 0) is 11.3 Å². The highest BCUT2D eigenvalue weighted by Crippen LogP contribution is 2.30. The third-order valence-corrected chi connectivity index (χ3v) is 4.73. The molecule has 0 unspecified atom stereocenters. The molecule has 1 aliphatic heterocycles. The van der Waals surface area contributed by atoms with Crippen molar-refractivity contribution in [2.45, 2.75) is 31.8 Å². The second-order valence-electron chi connectivity index (χ2n) is 6.63. The molecule has 2 heterocycles. The molecule has 6 nitrogen and oxygen atoms in total. The van der Waals surface area contributed by atoms with Crippen molar-refractivity contribution in [1.29, 1.82) is 0 Å². The summed E-state index contributed by atoms with van der Waals surface area (Å²) in [5.41, 5.74) is 0.938. The average Bonchev–Trinajstić information content (AvgIpc) is 3.14. The number of ether oxygens (including phenoxy) is 2. The Morgan fingerprint density at radius 2 is 2.04 bits per heavy atom. The fraction of sp³-hybridized carbons (Fsp3) is 0.556. The van der Waals surface area contributed by atoms with Gasteiger partial charge in [0.1, 0.15) is 5.75 Å². The number of hydrogen-bond donors (Lipinski definition) is 0. The molecule has 2 aliphatic rings. The lowest BCUT2D eigenvalue weighted by Gasteiger charge is -2.22. The van der Waals surface area contributed by atoms with E-state index in [0.29, 0.717) is 23.7 Å². The summed E-state index contributed by atoms with van der Waals surface area (Å²) in [7, 11) is 1.66. The van der Waals surface area contributed by atoms with Gasteiger partial charge < -0.3 is 14.0 Å². The molecule has 1 aliphatic carbocycles. The average molecular weight is 329 g/mol. The van der Waals surface area contributed by atoms with E-state index in [4.69, 9.17) is 14.0 Å². The van der Waals surface area contributed by atoms with E-state index in [1.807, 2.05) is 24.3 Å². The first kappa shape index (κ1) is 15.6. The van der Waals surface area contributed by atoms with Crippen molar-refractivity contribution in [1.82, 2.24) is 15.0 Å². The van der Waals surface area contributed by atoms with Gasteiger partial charge in [0.2, 0.25) is 11.7 Å². The Kier molecular flexibility index (Phi) is 4.49. The molecule has 0 radical (unpaired) electrons. The Morgan fingerprint density at radius 3 is 2.71 bits per heavy atom. The van der Waals surface area contributed by atoms with Gasteiger partial charge in [0, 0.05) is 24.8 Å². The molecule has 0 N–H and O–H groups in total. The maximum absolute atomic E-state index is 5.50. The van der Waals surface area contributed by atoms with Crippen LogP contribution in [0.15, 0.2) is 28.8 Å². The van der Waals surface area contributed by atoms with Gasteiger partial charge in [-0.05, 0) is 49.4 Å². The maximum Gasteiger partial charge on any atom is 0.241 e. The van der Waals surface area contributed by atoms with E-state index in [0.717, 1.165) is 44.0 Å². The van der Waals surface area contributed by atoms with E-state index in [1.165, 1.54) is 12.8 Å². The van der Waals surface area contributed by atoms with Crippen LogP contribution >= 0.6 is 0 Å². The second-order valence-corrected chi connectivity index (χ2v) is 6.63. The van der Waals surface area contributed by atoms with Gasteiger partial charge in [-0.1, -0.05) is 5.16 Å². The van der Waals surface area contributed by atoms with Crippen molar-refractivity contribution in [2.75, 3.05) is 26.9 Å². The van der Waals surface area contributed by atoms with Crippen molar-refractivity contribution < 1.29 is 14.0 Å². The smallest absolute Gasteiger partial charge is 0.241 e. The predicted octanol–water partition coefficient (Wildman–Crippen LogP) is 2.75. The van der Waals surface area contributed by atoms with Crippen molar-refractivity contribution in [3.05, 3.63) is 30.2 Å². The van der Waals surface area contributed by atoms with Gasteiger partial charge in [0.05, 0.1) is 20.3 Å². The molecule has 1 saturated carbocycles. The Morgan fingerprint density at radius 1 is 1.21 bits per heavy atom. The minimum absolute atomic E-state index is 0.632. The molecule has 1 aromatic heterocycles. The monoisotopic (exact) mass is 329 g/mol. The first-order valence-electron chi connectivity index (χ1n) is 8.60. The third-order valence-electron chi connectivity index (χ3n) is 4.73. The van der Waals surface area contributed by atoms with Crippen LogP contribution in [0, 0.1) is 5.92 Å². The zero-order chi connectivity index (χ0) is 16.4. The van der Waals surface area contributed by atoms with Gasteiger partial charge >= 0.3 is 0 Å². The highest BCUT2D eigenvalue weighted by Gasteiger charge is 2.32. The van der Waals surface area contributed by atoms with E-state index in [2.05, 4.69) is 15.0 Å². The highest BCUT2D eigenvalue weighted by molar-refractivity contribution is 5.55. The summed E-state index contributed by atoms with van der Waals surface area (Å²) in [5.74, 6) is 2.77. The maximum atomic E-state index is 5.50. The number of aromatic nitrogens is 2. The lowest BCUT2D eigenvalue weighted by Crippen LogP contribution is -2.31. The van der Waals surface area contributed by atoms with Gasteiger partial charge in [-0.2, -0.15) is 4.98 Å². The Balaban J connectivity index is 1.42. The van der Waals surface area contributed by atoms with Crippen molar-refractivity contribution >= 4 is 0 Å². The third kappa shape index (κ3) is 3.60. The number of nitrogens with zero attached hydrogens (tertiary/aromatic N) is 3. The van der Waals surface area contributed by atoms with E-state index in [-0.39, 0.29) is 0 Å². The molecule has 6 heteroatoms. The number of methoxy groups -OCH3 is 1. The molecule has 1 saturated heterocycles. The summed E-state index contributed by atoms with van der Waals surface area (Å²) in [5, 5.41) is 4.13. The first-order chi connectivity index (χ1) is 11.8. The summed E-state index contributed by atoms with van der Waals surface area (Å²) in [6.45, 7) is 3.56. The van der Waals surface area contributed by atoms with E-state index >= 15 is 0 Å². The van der Waals surface area contributed by atoms with Crippen LogP contribution in [0.1, 0.15) is 25.2 Å². The van der Waals surface area contributed by atoms with Gasteiger partial charge in [-0.25, -0.2) is 0 Å². The minimum Gasteiger partial charge on any atom is -0.497 e. The molecule has 24 heavy (non-hydrogen) atoms. The molecule has 0 amide bonds. The molecule has 0 bridgehead atoms. The summed E-state index contributed by atoms with van der Waals surface area (Å²) in [6.07, 6.45) is 3.70. The van der Waals surface area contributed by atoms with Crippen LogP contribution in [-0.4, -0.2) is 48.0 Å². The van der Waals surface area contributed by atoms with Gasteiger partial charge in [-0.15, -0.1) is 0 Å². The minimum atomic E-state index is 0.632. The van der Waals surface area contributed by atoms with Crippen molar-refractivity contribution in [3.8, 4) is 17.1 Å². The zero-order valence-electron chi connectivity index (χ0n) is 14.0. The first-order valence-corrected chi connectivity index (χ1v) is 8.60. The summed E-state index contributed by atoms with van der Waals surface area (Å²) in [6, 6.07) is 8.37. The molecule has 0 spiro atoms. The van der Waals surface area contributed by atoms with Crippen LogP contribution < -0.4 is 4.74 Å². The highest BCUT2D eigenvalue weighted by atomic mass is 16.5. The van der Waals surface area contributed by atoms with E-state index < -0.39 is 0 Å². The predicted molar refractivity (Wildman–Crippen MR) is 88.6 cm³/mol. The SMILES string of the molecule is COc1ccc(-c2noc(CN(C[C@H]3CCOC3)C3CC3)n2)cc1. The Hall–Kier alpha value is -1.92. The molecule has 4 rings (SSSR count). The summed E-state index contributed by atoms with van der Waals surface area (Å²) >= 11 is 0. The fourth-order valence-electron chi connectivity index (χ4n) is 3.19. The Labute approximate surface area is 141 Å². The molecule has 2 aromatic rings. The standard InChI is InChI=1S/C18H23N3O3/c1-22-16-6-2-14(3-7-16)18-19-17(24-20-18)11-21(15-4-5-15)10-13-8-9-23-12-13/h2-3,6-7,13,15H,4-5,8-12H2,1H3/t13-/m1/s1. The van der Waals surface area contributed by atoms with Crippen LogP contribution in [0.2, 0.25) is 0 Å². The molecule has 128 valence electrons. The fourth-order valence-corrected chi connectivity index (χ4v) is 3.19. The lowest BCUT2D eigenvalue weighted by atomic mass is 10.1. The second kappa shape index (κ2) is 6.91. The van der Waals surface area contributed by atoms with Crippen molar-refractivity contribution in [2.24, 2.45) is 5.92 Å². The van der Waals surface area contributed by atoms with E-state index in [1.54, 1.807) is 7.11 Å². The van der Waals surface area contributed by atoms with Crippen LogP contribution in [0.5, 0.6) is 5.75 Å². The molecule has 1 atom stereocenters. The van der Waals surface area contributed by atoms with Crippen LogP contribution in [0.25, 0.3) is 11.4 Å². The molecule has 2 fully saturated rings. The number of rotatable bonds is 7. The van der Waals surface area contributed by atoms with Crippen molar-refractivity contribution in [3.63, 3.8) is 0 Å². The largest absolute Gasteiger partial charge is 0.497 e. The lowest BCUT2D eigenvalue weighted by molar-refractivity contribution is 0.153. The van der Waals surface area contributed by atoms with Crippen LogP contribution in [0.3, 0.4) is 0 Å². The summed E-state index contributed by atoms with van der Waals surface area (Å²) in [4.78, 5) is 7.05. The topological polar surface area (TPSA) is 60.6 Å². The Bertz CT molecular complexity index is 660. The van der Waals surface area contributed by atoms with Gasteiger partial charge in [0.25, 0.3) is 0 Å². The van der Waals surface area contributed by atoms with Gasteiger partial charge in [-0.3, -0.25) is 4.90 Å². The van der Waals surface area contributed by atoms with E-state index in [9.17, 15) is 0 Å². The van der Waals surface area contributed by atoms with Gasteiger partial charge in [0.15, 0.2) is 0 Å². The summed E-state index contributed by atoms with van der Waals surface area (Å²) < 4.78 is 16.2. The normalized spacial score (nSPS) is 20.7. The number of hydrogen-bond acceptors (Lipinski definition) is 6. The molecule has 1 aromatic carbocycles. The number of benzene rings is 1.